The van der Waals surface area contributed by atoms with Crippen molar-refractivity contribution in [1.82, 2.24) is 4.98 Å². The van der Waals surface area contributed by atoms with Crippen molar-refractivity contribution < 1.29 is 4.42 Å². The molecule has 1 aliphatic rings. The molecule has 0 N–H and O–H groups in total. The predicted molar refractivity (Wildman–Crippen MR) is 195 cm³/mol. The van der Waals surface area contributed by atoms with Gasteiger partial charge in [-0.15, -0.1) is 0 Å². The highest BCUT2D eigenvalue weighted by atomic mass is 16.3. The molecule has 0 aliphatic heterocycles. The Morgan fingerprint density at radius 2 is 1.21 bits per heavy atom. The highest BCUT2D eigenvalue weighted by Crippen LogP contribution is 2.50. The average molecular weight is 605 g/mol. The average Bonchev–Trinajstić information content (AvgIpc) is 3.66. The zero-order valence-corrected chi connectivity index (χ0v) is 26.3. The van der Waals surface area contributed by atoms with Gasteiger partial charge in [0.25, 0.3) is 0 Å². The number of nitrogens with zero attached hydrogens (tertiary/aromatic N) is 2. The van der Waals surface area contributed by atoms with Crippen LogP contribution in [0.2, 0.25) is 0 Å². The normalized spacial score (nSPS) is 13.1. The van der Waals surface area contributed by atoms with E-state index < -0.39 is 0 Å². The van der Waals surface area contributed by atoms with E-state index >= 15 is 0 Å². The third-order valence-corrected chi connectivity index (χ3v) is 9.69. The van der Waals surface area contributed by atoms with E-state index in [0.29, 0.717) is 5.89 Å². The first kappa shape index (κ1) is 27.4. The molecule has 1 heterocycles. The predicted octanol–water partition coefficient (Wildman–Crippen LogP) is 12.1. The van der Waals surface area contributed by atoms with Gasteiger partial charge in [-0.25, -0.2) is 4.98 Å². The number of oxazole rings is 1. The fourth-order valence-corrected chi connectivity index (χ4v) is 7.27. The fourth-order valence-electron chi connectivity index (χ4n) is 7.27. The number of benzene rings is 7. The molecule has 9 rings (SSSR count). The molecule has 0 atom stereocenters. The molecule has 0 radical (unpaired) electrons. The zero-order valence-electron chi connectivity index (χ0n) is 26.3. The third kappa shape index (κ3) is 4.46. The summed E-state index contributed by atoms with van der Waals surface area (Å²) in [6, 6.07) is 56.1. The van der Waals surface area contributed by atoms with Crippen molar-refractivity contribution in [3.63, 3.8) is 0 Å². The molecule has 47 heavy (non-hydrogen) atoms. The maximum absolute atomic E-state index is 6.28. The standard InChI is InChI=1S/C44H32N2O/c1-44(2)39-18-9-8-17-37(39)38-25-24-35(28-40(38)44)46(34-15-10-14-32(27-34)29-11-4-3-5-12-29)33-22-19-31(20-23-33)43-45-42-36-16-7-6-13-30(36)21-26-41(42)47-43/h3-28H,1-2H3. The van der Waals surface area contributed by atoms with E-state index in [1.165, 1.54) is 33.4 Å². The molecular weight excluding hydrogens is 572 g/mol. The molecule has 3 nitrogen and oxygen atoms in total. The monoisotopic (exact) mass is 604 g/mol. The molecular formula is C44H32N2O. The molecule has 7 aromatic carbocycles. The van der Waals surface area contributed by atoms with Crippen LogP contribution in [0.4, 0.5) is 17.1 Å². The Bertz CT molecular complexity index is 2440. The number of hydrogen-bond acceptors (Lipinski definition) is 3. The van der Waals surface area contributed by atoms with E-state index in [1.807, 2.05) is 12.1 Å². The van der Waals surface area contributed by atoms with Crippen molar-refractivity contribution in [2.75, 3.05) is 4.90 Å². The van der Waals surface area contributed by atoms with Crippen LogP contribution in [0.15, 0.2) is 162 Å². The van der Waals surface area contributed by atoms with Crippen LogP contribution in [0.1, 0.15) is 25.0 Å². The molecule has 0 bridgehead atoms. The van der Waals surface area contributed by atoms with E-state index in [2.05, 4.69) is 164 Å². The first-order valence-electron chi connectivity index (χ1n) is 16.1. The molecule has 8 aromatic rings. The van der Waals surface area contributed by atoms with E-state index in [4.69, 9.17) is 9.40 Å². The minimum Gasteiger partial charge on any atom is -0.436 e. The molecule has 0 saturated carbocycles. The Labute approximate surface area is 274 Å². The van der Waals surface area contributed by atoms with Crippen LogP contribution in [0, 0.1) is 0 Å². The van der Waals surface area contributed by atoms with Gasteiger partial charge in [0.15, 0.2) is 5.58 Å². The van der Waals surface area contributed by atoms with Crippen LogP contribution in [-0.2, 0) is 5.41 Å². The van der Waals surface area contributed by atoms with Crippen LogP contribution in [0.3, 0.4) is 0 Å². The Morgan fingerprint density at radius 1 is 0.511 bits per heavy atom. The van der Waals surface area contributed by atoms with Crippen LogP contribution in [0.25, 0.3) is 55.6 Å². The summed E-state index contributed by atoms with van der Waals surface area (Å²) in [5.41, 5.74) is 13.5. The van der Waals surface area contributed by atoms with E-state index in [0.717, 1.165) is 44.5 Å². The summed E-state index contributed by atoms with van der Waals surface area (Å²) in [5, 5.41) is 2.26. The lowest BCUT2D eigenvalue weighted by Gasteiger charge is -2.28. The topological polar surface area (TPSA) is 29.3 Å². The Kier molecular flexibility index (Phi) is 6.16. The third-order valence-electron chi connectivity index (χ3n) is 9.69. The van der Waals surface area contributed by atoms with Crippen molar-refractivity contribution in [3.05, 3.63) is 169 Å². The van der Waals surface area contributed by atoms with Gasteiger partial charge in [-0.1, -0.05) is 117 Å². The van der Waals surface area contributed by atoms with Crippen LogP contribution >= 0.6 is 0 Å². The summed E-state index contributed by atoms with van der Waals surface area (Å²) < 4.78 is 6.28. The fraction of sp³-hybridized carbons (Fsp3) is 0.0682. The number of rotatable bonds is 5. The van der Waals surface area contributed by atoms with Gasteiger partial charge in [0.2, 0.25) is 5.89 Å². The minimum atomic E-state index is -0.0967. The number of fused-ring (bicyclic) bond motifs is 6. The molecule has 0 amide bonds. The molecule has 0 unspecified atom stereocenters. The van der Waals surface area contributed by atoms with Gasteiger partial charge in [-0.3, -0.25) is 0 Å². The summed E-state index contributed by atoms with van der Waals surface area (Å²) >= 11 is 0. The second-order valence-electron chi connectivity index (χ2n) is 12.9. The Balaban J connectivity index is 1.17. The zero-order chi connectivity index (χ0) is 31.5. The first-order valence-corrected chi connectivity index (χ1v) is 16.1. The minimum absolute atomic E-state index is 0.0967. The lowest BCUT2D eigenvalue weighted by Crippen LogP contribution is -2.16. The van der Waals surface area contributed by atoms with Gasteiger partial charge in [-0.05, 0) is 93.4 Å². The molecule has 1 aliphatic carbocycles. The lowest BCUT2D eigenvalue weighted by molar-refractivity contribution is 0.620. The van der Waals surface area contributed by atoms with Crippen molar-refractivity contribution in [2.45, 2.75) is 19.3 Å². The van der Waals surface area contributed by atoms with Crippen molar-refractivity contribution in [1.29, 1.82) is 0 Å². The maximum atomic E-state index is 6.28. The maximum Gasteiger partial charge on any atom is 0.227 e. The van der Waals surface area contributed by atoms with E-state index in [1.54, 1.807) is 0 Å². The highest BCUT2D eigenvalue weighted by molar-refractivity contribution is 6.04. The Morgan fingerprint density at radius 3 is 2.09 bits per heavy atom. The van der Waals surface area contributed by atoms with Gasteiger partial charge in [0, 0.05) is 33.4 Å². The smallest absolute Gasteiger partial charge is 0.227 e. The van der Waals surface area contributed by atoms with Gasteiger partial charge >= 0.3 is 0 Å². The van der Waals surface area contributed by atoms with E-state index in [9.17, 15) is 0 Å². The molecule has 0 saturated heterocycles. The molecule has 224 valence electrons. The lowest BCUT2D eigenvalue weighted by atomic mass is 9.82. The van der Waals surface area contributed by atoms with Gasteiger partial charge in [-0.2, -0.15) is 0 Å². The van der Waals surface area contributed by atoms with Crippen LogP contribution in [-0.4, -0.2) is 4.98 Å². The number of aromatic nitrogens is 1. The molecule has 0 spiro atoms. The number of hydrogen-bond donors (Lipinski definition) is 0. The second-order valence-corrected chi connectivity index (χ2v) is 12.9. The largest absolute Gasteiger partial charge is 0.436 e. The number of anilines is 3. The highest BCUT2D eigenvalue weighted by Gasteiger charge is 2.35. The van der Waals surface area contributed by atoms with Crippen LogP contribution < -0.4 is 4.90 Å². The first-order chi connectivity index (χ1) is 23.0. The van der Waals surface area contributed by atoms with Gasteiger partial charge < -0.3 is 9.32 Å². The van der Waals surface area contributed by atoms with Gasteiger partial charge in [0.1, 0.15) is 5.52 Å². The summed E-state index contributed by atoms with van der Waals surface area (Å²) in [6.07, 6.45) is 0. The molecule has 0 fully saturated rings. The molecule has 1 aromatic heterocycles. The summed E-state index contributed by atoms with van der Waals surface area (Å²) in [4.78, 5) is 7.30. The van der Waals surface area contributed by atoms with Gasteiger partial charge in [0.05, 0.1) is 0 Å². The summed E-state index contributed by atoms with van der Waals surface area (Å²) in [5.74, 6) is 0.623. The van der Waals surface area contributed by atoms with Crippen molar-refractivity contribution in [3.8, 4) is 33.7 Å². The Hall–Kier alpha value is -5.93. The quantitative estimate of drug-likeness (QED) is 0.196. The van der Waals surface area contributed by atoms with Crippen molar-refractivity contribution in [2.24, 2.45) is 0 Å². The SMILES string of the molecule is CC1(C)c2ccccc2-c2ccc(N(c3ccc(-c4nc5c(ccc6ccccc65)o4)cc3)c3cccc(-c4ccccc4)c3)cc21. The van der Waals surface area contributed by atoms with Crippen molar-refractivity contribution >= 4 is 38.9 Å². The van der Waals surface area contributed by atoms with E-state index in [-0.39, 0.29) is 5.41 Å². The second kappa shape index (κ2) is 10.6. The summed E-state index contributed by atoms with van der Waals surface area (Å²) in [6.45, 7) is 4.67. The molecule has 3 heteroatoms. The summed E-state index contributed by atoms with van der Waals surface area (Å²) in [7, 11) is 0. The van der Waals surface area contributed by atoms with Crippen LogP contribution in [0.5, 0.6) is 0 Å².